The van der Waals surface area contributed by atoms with Gasteiger partial charge in [-0.1, -0.05) is 18.1 Å². The SMILES string of the molecule is CC(C)(C)N1N=NC2CCCCCC(F)(F)C21. The van der Waals surface area contributed by atoms with E-state index in [1.807, 2.05) is 20.8 Å². The molecule has 0 bridgehead atoms. The van der Waals surface area contributed by atoms with Crippen molar-refractivity contribution in [1.82, 2.24) is 5.01 Å². The first-order valence-electron chi connectivity index (χ1n) is 6.40. The van der Waals surface area contributed by atoms with Crippen LogP contribution in [0.2, 0.25) is 0 Å². The molecule has 0 saturated heterocycles. The Morgan fingerprint density at radius 1 is 1.18 bits per heavy atom. The van der Waals surface area contributed by atoms with E-state index in [0.717, 1.165) is 19.3 Å². The van der Waals surface area contributed by atoms with Crippen LogP contribution in [-0.2, 0) is 0 Å². The summed E-state index contributed by atoms with van der Waals surface area (Å²) in [6.07, 6.45) is 3.16. The summed E-state index contributed by atoms with van der Waals surface area (Å²) >= 11 is 0. The Balaban J connectivity index is 2.26. The van der Waals surface area contributed by atoms with Crippen molar-refractivity contribution in [3.8, 4) is 0 Å². The van der Waals surface area contributed by atoms with Gasteiger partial charge in [0.1, 0.15) is 12.1 Å². The lowest BCUT2D eigenvalue weighted by Gasteiger charge is -2.40. The van der Waals surface area contributed by atoms with Crippen LogP contribution in [0.25, 0.3) is 0 Å². The van der Waals surface area contributed by atoms with Crippen LogP contribution in [0.4, 0.5) is 8.78 Å². The van der Waals surface area contributed by atoms with E-state index in [4.69, 9.17) is 0 Å². The lowest BCUT2D eigenvalue weighted by molar-refractivity contribution is -0.110. The highest BCUT2D eigenvalue weighted by atomic mass is 19.3. The van der Waals surface area contributed by atoms with Crippen molar-refractivity contribution in [2.45, 2.75) is 76.4 Å². The van der Waals surface area contributed by atoms with Crippen LogP contribution in [-0.4, -0.2) is 28.6 Å². The summed E-state index contributed by atoms with van der Waals surface area (Å²) in [5, 5.41) is 9.60. The first kappa shape index (κ1) is 12.7. The van der Waals surface area contributed by atoms with Crippen LogP contribution < -0.4 is 0 Å². The van der Waals surface area contributed by atoms with Gasteiger partial charge in [0.05, 0.1) is 5.54 Å². The summed E-state index contributed by atoms with van der Waals surface area (Å²) < 4.78 is 28.4. The predicted molar refractivity (Wildman–Crippen MR) is 62.1 cm³/mol. The van der Waals surface area contributed by atoms with E-state index in [1.165, 1.54) is 5.01 Å². The Labute approximate surface area is 101 Å². The molecule has 0 radical (unpaired) electrons. The standard InChI is InChI=1S/C12H21F2N3/c1-11(2,3)17-10-9(15-16-17)7-5-4-6-8-12(10,13)14/h9-10H,4-8H2,1-3H3. The molecule has 1 fully saturated rings. The summed E-state index contributed by atoms with van der Waals surface area (Å²) in [5.74, 6) is -2.68. The van der Waals surface area contributed by atoms with Gasteiger partial charge in [-0.2, -0.15) is 5.11 Å². The van der Waals surface area contributed by atoms with E-state index >= 15 is 0 Å². The Morgan fingerprint density at radius 3 is 2.53 bits per heavy atom. The maximum absolute atomic E-state index is 14.2. The van der Waals surface area contributed by atoms with E-state index in [9.17, 15) is 8.78 Å². The second-order valence-electron chi connectivity index (χ2n) is 6.09. The lowest BCUT2D eigenvalue weighted by Crippen LogP contribution is -2.55. The molecule has 1 aliphatic carbocycles. The Morgan fingerprint density at radius 2 is 1.88 bits per heavy atom. The number of nitrogens with zero attached hydrogens (tertiary/aromatic N) is 3. The van der Waals surface area contributed by atoms with Crippen molar-refractivity contribution in [2.24, 2.45) is 10.3 Å². The zero-order valence-electron chi connectivity index (χ0n) is 10.8. The van der Waals surface area contributed by atoms with E-state index in [-0.39, 0.29) is 12.5 Å². The van der Waals surface area contributed by atoms with Crippen molar-refractivity contribution in [1.29, 1.82) is 0 Å². The highest BCUT2D eigenvalue weighted by molar-refractivity contribution is 5.00. The number of fused-ring (bicyclic) bond motifs is 1. The van der Waals surface area contributed by atoms with Crippen molar-refractivity contribution in [2.75, 3.05) is 0 Å². The molecule has 0 aromatic carbocycles. The van der Waals surface area contributed by atoms with Crippen molar-refractivity contribution < 1.29 is 8.78 Å². The van der Waals surface area contributed by atoms with E-state index < -0.39 is 17.5 Å². The molecule has 1 heterocycles. The highest BCUT2D eigenvalue weighted by Crippen LogP contribution is 2.41. The Kier molecular flexibility index (Phi) is 3.12. The second kappa shape index (κ2) is 4.18. The largest absolute Gasteiger partial charge is 0.271 e. The summed E-state index contributed by atoms with van der Waals surface area (Å²) in [4.78, 5) is 0. The van der Waals surface area contributed by atoms with Crippen molar-refractivity contribution in [3.05, 3.63) is 0 Å². The van der Waals surface area contributed by atoms with Gasteiger partial charge in [-0.05, 0) is 33.6 Å². The van der Waals surface area contributed by atoms with Gasteiger partial charge in [0.15, 0.2) is 0 Å². The third-order valence-corrected chi connectivity index (χ3v) is 3.55. The second-order valence-corrected chi connectivity index (χ2v) is 6.09. The minimum atomic E-state index is -2.68. The summed E-state index contributed by atoms with van der Waals surface area (Å²) in [6.45, 7) is 5.72. The number of halogens is 2. The van der Waals surface area contributed by atoms with Crippen molar-refractivity contribution in [3.63, 3.8) is 0 Å². The normalized spacial score (nSPS) is 33.1. The predicted octanol–water partition coefficient (Wildman–Crippen LogP) is 3.80. The quantitative estimate of drug-likeness (QED) is 0.638. The third kappa shape index (κ3) is 2.43. The molecule has 1 aliphatic heterocycles. The molecule has 5 heteroatoms. The molecule has 0 aromatic heterocycles. The summed E-state index contributed by atoms with van der Waals surface area (Å²) in [7, 11) is 0. The van der Waals surface area contributed by atoms with Gasteiger partial charge in [0.25, 0.3) is 5.92 Å². The van der Waals surface area contributed by atoms with Crippen LogP contribution in [0.15, 0.2) is 10.3 Å². The molecule has 1 saturated carbocycles. The average molecular weight is 245 g/mol. The minimum Gasteiger partial charge on any atom is -0.262 e. The molecule has 2 unspecified atom stereocenters. The van der Waals surface area contributed by atoms with Gasteiger partial charge in [-0.3, -0.25) is 5.01 Å². The van der Waals surface area contributed by atoms with Crippen LogP contribution in [0.5, 0.6) is 0 Å². The highest BCUT2D eigenvalue weighted by Gasteiger charge is 2.53. The van der Waals surface area contributed by atoms with E-state index in [0.29, 0.717) is 6.42 Å². The first-order chi connectivity index (χ1) is 7.82. The van der Waals surface area contributed by atoms with E-state index in [1.54, 1.807) is 0 Å². The van der Waals surface area contributed by atoms with Gasteiger partial charge in [0.2, 0.25) is 0 Å². The first-order valence-corrected chi connectivity index (χ1v) is 6.40. The minimum absolute atomic E-state index is 0.0359. The number of alkyl halides is 2. The average Bonchev–Trinajstić information content (AvgIpc) is 2.58. The molecule has 0 spiro atoms. The van der Waals surface area contributed by atoms with Crippen LogP contribution in [0.1, 0.15) is 52.9 Å². The van der Waals surface area contributed by atoms with Crippen LogP contribution >= 0.6 is 0 Å². The zero-order valence-corrected chi connectivity index (χ0v) is 10.8. The van der Waals surface area contributed by atoms with Gasteiger partial charge in [-0.15, -0.1) is 0 Å². The van der Waals surface area contributed by atoms with Crippen molar-refractivity contribution >= 4 is 0 Å². The number of hydrogen-bond donors (Lipinski definition) is 0. The van der Waals surface area contributed by atoms with Gasteiger partial charge in [-0.25, -0.2) is 8.78 Å². The molecule has 2 aliphatic rings. The fourth-order valence-corrected chi connectivity index (χ4v) is 2.67. The lowest BCUT2D eigenvalue weighted by atomic mass is 9.88. The molecule has 98 valence electrons. The molecule has 0 N–H and O–H groups in total. The summed E-state index contributed by atoms with van der Waals surface area (Å²) in [5.41, 5.74) is -0.397. The molecule has 2 rings (SSSR count). The zero-order chi connectivity index (χ0) is 12.7. The maximum atomic E-state index is 14.2. The monoisotopic (exact) mass is 245 g/mol. The van der Waals surface area contributed by atoms with Gasteiger partial charge < -0.3 is 0 Å². The number of hydrogen-bond acceptors (Lipinski definition) is 3. The topological polar surface area (TPSA) is 28.0 Å². The molecule has 17 heavy (non-hydrogen) atoms. The molecule has 3 nitrogen and oxygen atoms in total. The molecule has 2 atom stereocenters. The fourth-order valence-electron chi connectivity index (χ4n) is 2.67. The molecule has 0 aromatic rings. The smallest absolute Gasteiger partial charge is 0.262 e. The maximum Gasteiger partial charge on any atom is 0.271 e. The van der Waals surface area contributed by atoms with Gasteiger partial charge in [0, 0.05) is 6.42 Å². The fraction of sp³-hybridized carbons (Fsp3) is 1.00. The Bertz CT molecular complexity index is 309. The molecular weight excluding hydrogens is 224 g/mol. The van der Waals surface area contributed by atoms with Gasteiger partial charge >= 0.3 is 0 Å². The van der Waals surface area contributed by atoms with E-state index in [2.05, 4.69) is 10.3 Å². The Hall–Kier alpha value is -0.740. The van der Waals surface area contributed by atoms with Crippen LogP contribution in [0, 0.1) is 0 Å². The number of rotatable bonds is 0. The van der Waals surface area contributed by atoms with Crippen LogP contribution in [0.3, 0.4) is 0 Å². The third-order valence-electron chi connectivity index (χ3n) is 3.55. The summed E-state index contributed by atoms with van der Waals surface area (Å²) in [6, 6.07) is -1.17. The molecular formula is C12H21F2N3. The molecule has 0 amide bonds.